The molecule has 1 rings (SSSR count). The van der Waals surface area contributed by atoms with Crippen LogP contribution in [0.5, 0.6) is 5.75 Å². The summed E-state index contributed by atoms with van der Waals surface area (Å²) >= 11 is 0. The minimum Gasteiger partial charge on any atom is -0.481 e. The minimum absolute atomic E-state index is 0.00218. The van der Waals surface area contributed by atoms with Gasteiger partial charge >= 0.3 is 5.97 Å². The third kappa shape index (κ3) is 4.53. The number of nitrogens with one attached hydrogen (secondary N) is 1. The zero-order valence-corrected chi connectivity index (χ0v) is 11.7. The van der Waals surface area contributed by atoms with Gasteiger partial charge in [-0.3, -0.25) is 9.59 Å². The van der Waals surface area contributed by atoms with Gasteiger partial charge in [-0.1, -0.05) is 6.07 Å². The molecule has 0 radical (unpaired) electrons. The number of benzene rings is 1. The fourth-order valence-corrected chi connectivity index (χ4v) is 1.31. The van der Waals surface area contributed by atoms with Crippen molar-refractivity contribution in [3.05, 3.63) is 29.6 Å². The van der Waals surface area contributed by atoms with Crippen molar-refractivity contribution in [2.75, 3.05) is 13.2 Å². The Morgan fingerprint density at radius 3 is 2.65 bits per heavy atom. The third-order valence-electron chi connectivity index (χ3n) is 2.75. The maximum absolute atomic E-state index is 13.4. The Hall–Kier alpha value is -2.11. The highest BCUT2D eigenvalue weighted by atomic mass is 19.1. The Labute approximate surface area is 116 Å². The number of carbonyl (C=O) groups excluding carboxylic acids is 1. The van der Waals surface area contributed by atoms with Crippen molar-refractivity contribution in [3.8, 4) is 5.75 Å². The number of rotatable bonds is 6. The van der Waals surface area contributed by atoms with Crippen LogP contribution in [0.4, 0.5) is 4.39 Å². The summed E-state index contributed by atoms with van der Waals surface area (Å²) in [5.74, 6) is -2.06. The maximum Gasteiger partial charge on any atom is 0.310 e. The largest absolute Gasteiger partial charge is 0.481 e. The van der Waals surface area contributed by atoms with E-state index in [2.05, 4.69) is 5.32 Å². The third-order valence-corrected chi connectivity index (χ3v) is 2.75. The molecule has 0 fully saturated rings. The number of carbonyl (C=O) groups is 2. The van der Waals surface area contributed by atoms with Gasteiger partial charge < -0.3 is 15.2 Å². The SMILES string of the molecule is Cc1ccc(F)c(OCC(=O)NCC(C)(C)C(=O)O)c1. The van der Waals surface area contributed by atoms with E-state index in [4.69, 9.17) is 9.84 Å². The van der Waals surface area contributed by atoms with Gasteiger partial charge in [0.25, 0.3) is 5.91 Å². The van der Waals surface area contributed by atoms with Gasteiger partial charge in [-0.05, 0) is 38.5 Å². The predicted molar refractivity (Wildman–Crippen MR) is 71.1 cm³/mol. The van der Waals surface area contributed by atoms with Crippen molar-refractivity contribution in [3.63, 3.8) is 0 Å². The number of carboxylic acid groups (broad SMARTS) is 1. The van der Waals surface area contributed by atoms with Gasteiger partial charge in [-0.25, -0.2) is 4.39 Å². The van der Waals surface area contributed by atoms with Crippen LogP contribution in [0.3, 0.4) is 0 Å². The molecule has 1 aromatic carbocycles. The first kappa shape index (κ1) is 15.9. The van der Waals surface area contributed by atoms with Crippen LogP contribution in [0.25, 0.3) is 0 Å². The molecule has 0 bridgehead atoms. The summed E-state index contributed by atoms with van der Waals surface area (Å²) in [5.41, 5.74) is -0.252. The molecule has 1 amide bonds. The Balaban J connectivity index is 2.48. The quantitative estimate of drug-likeness (QED) is 0.834. The fourth-order valence-electron chi connectivity index (χ4n) is 1.31. The van der Waals surface area contributed by atoms with E-state index in [0.717, 1.165) is 5.56 Å². The van der Waals surface area contributed by atoms with Gasteiger partial charge in [0.15, 0.2) is 18.2 Å². The monoisotopic (exact) mass is 283 g/mol. The maximum atomic E-state index is 13.4. The van der Waals surface area contributed by atoms with E-state index in [-0.39, 0.29) is 18.9 Å². The molecule has 0 aliphatic heterocycles. The average Bonchev–Trinajstić information content (AvgIpc) is 2.37. The zero-order chi connectivity index (χ0) is 15.3. The molecule has 0 heterocycles. The van der Waals surface area contributed by atoms with E-state index in [1.54, 1.807) is 13.0 Å². The lowest BCUT2D eigenvalue weighted by Gasteiger charge is -2.19. The topological polar surface area (TPSA) is 75.6 Å². The highest BCUT2D eigenvalue weighted by Gasteiger charge is 2.27. The van der Waals surface area contributed by atoms with E-state index in [9.17, 15) is 14.0 Å². The Morgan fingerprint density at radius 2 is 2.05 bits per heavy atom. The number of amides is 1. The lowest BCUT2D eigenvalue weighted by Crippen LogP contribution is -2.40. The molecule has 20 heavy (non-hydrogen) atoms. The fraction of sp³-hybridized carbons (Fsp3) is 0.429. The van der Waals surface area contributed by atoms with Gasteiger partial charge in [0.2, 0.25) is 0 Å². The van der Waals surface area contributed by atoms with E-state index >= 15 is 0 Å². The van der Waals surface area contributed by atoms with Crippen molar-refractivity contribution >= 4 is 11.9 Å². The summed E-state index contributed by atoms with van der Waals surface area (Å²) in [6, 6.07) is 4.34. The molecule has 0 atom stereocenters. The molecule has 0 saturated heterocycles. The van der Waals surface area contributed by atoms with E-state index < -0.39 is 23.1 Å². The van der Waals surface area contributed by atoms with Crippen molar-refractivity contribution in [2.45, 2.75) is 20.8 Å². The van der Waals surface area contributed by atoms with Crippen molar-refractivity contribution in [1.29, 1.82) is 0 Å². The molecule has 0 spiro atoms. The van der Waals surface area contributed by atoms with E-state index in [0.29, 0.717) is 0 Å². The van der Waals surface area contributed by atoms with Gasteiger partial charge in [0.05, 0.1) is 5.41 Å². The number of carboxylic acids is 1. The van der Waals surface area contributed by atoms with Crippen LogP contribution >= 0.6 is 0 Å². The number of aliphatic carboxylic acids is 1. The summed E-state index contributed by atoms with van der Waals surface area (Å²) in [7, 11) is 0. The summed E-state index contributed by atoms with van der Waals surface area (Å²) in [6.07, 6.45) is 0. The number of ether oxygens (including phenoxy) is 1. The standard InChI is InChI=1S/C14H18FNO4/c1-9-4-5-10(15)11(6-9)20-7-12(17)16-8-14(2,3)13(18)19/h4-6H,7-8H2,1-3H3,(H,16,17)(H,18,19). The zero-order valence-electron chi connectivity index (χ0n) is 11.7. The second-order valence-corrected chi connectivity index (χ2v) is 5.19. The molecule has 0 saturated carbocycles. The van der Waals surface area contributed by atoms with E-state index in [1.807, 2.05) is 0 Å². The van der Waals surface area contributed by atoms with Gasteiger partial charge in [-0.15, -0.1) is 0 Å². The Kier molecular flexibility index (Phi) is 5.07. The first-order valence-electron chi connectivity index (χ1n) is 6.11. The number of hydrogen-bond donors (Lipinski definition) is 2. The van der Waals surface area contributed by atoms with Crippen LogP contribution in [0, 0.1) is 18.2 Å². The predicted octanol–water partition coefficient (Wildman–Crippen LogP) is 1.74. The molecule has 0 aliphatic carbocycles. The summed E-state index contributed by atoms with van der Waals surface area (Å²) in [4.78, 5) is 22.4. The Bertz CT molecular complexity index is 514. The molecule has 0 aromatic heterocycles. The summed E-state index contributed by atoms with van der Waals surface area (Å²) in [6.45, 7) is 4.38. The second kappa shape index (κ2) is 6.36. The van der Waals surface area contributed by atoms with Crippen LogP contribution in [-0.4, -0.2) is 30.1 Å². The molecule has 0 aliphatic rings. The van der Waals surface area contributed by atoms with Crippen molar-refractivity contribution in [2.24, 2.45) is 5.41 Å². The lowest BCUT2D eigenvalue weighted by atomic mass is 9.94. The van der Waals surface area contributed by atoms with Crippen LogP contribution in [0.1, 0.15) is 19.4 Å². The van der Waals surface area contributed by atoms with Gasteiger partial charge in [0, 0.05) is 6.54 Å². The van der Waals surface area contributed by atoms with Crippen molar-refractivity contribution < 1.29 is 23.8 Å². The van der Waals surface area contributed by atoms with E-state index in [1.165, 1.54) is 26.0 Å². The minimum atomic E-state index is -1.07. The molecule has 1 aromatic rings. The number of hydrogen-bond acceptors (Lipinski definition) is 3. The first-order chi connectivity index (χ1) is 9.22. The van der Waals surface area contributed by atoms with Crippen LogP contribution < -0.4 is 10.1 Å². The molecule has 2 N–H and O–H groups in total. The Morgan fingerprint density at radius 1 is 1.40 bits per heavy atom. The van der Waals surface area contributed by atoms with Crippen LogP contribution in [0.2, 0.25) is 0 Å². The average molecular weight is 283 g/mol. The van der Waals surface area contributed by atoms with Gasteiger partial charge in [-0.2, -0.15) is 0 Å². The van der Waals surface area contributed by atoms with Crippen molar-refractivity contribution in [1.82, 2.24) is 5.32 Å². The summed E-state index contributed by atoms with van der Waals surface area (Å²) < 4.78 is 18.4. The number of aryl methyl sites for hydroxylation is 1. The van der Waals surface area contributed by atoms with Crippen LogP contribution in [0.15, 0.2) is 18.2 Å². The molecule has 6 heteroatoms. The smallest absolute Gasteiger partial charge is 0.310 e. The highest BCUT2D eigenvalue weighted by molar-refractivity contribution is 5.79. The molecule has 5 nitrogen and oxygen atoms in total. The molecule has 110 valence electrons. The molecule has 0 unspecified atom stereocenters. The molecular formula is C14H18FNO4. The normalized spacial score (nSPS) is 11.0. The first-order valence-corrected chi connectivity index (χ1v) is 6.11. The number of halogens is 1. The lowest BCUT2D eigenvalue weighted by molar-refractivity contribution is -0.146. The molecular weight excluding hydrogens is 265 g/mol. The van der Waals surface area contributed by atoms with Crippen LogP contribution in [-0.2, 0) is 9.59 Å². The van der Waals surface area contributed by atoms with Gasteiger partial charge in [0.1, 0.15) is 0 Å². The second-order valence-electron chi connectivity index (χ2n) is 5.19. The highest BCUT2D eigenvalue weighted by Crippen LogP contribution is 2.18. The summed E-state index contributed by atoms with van der Waals surface area (Å²) in [5, 5.41) is 11.3.